The molecule has 6 rings (SSSR count). The molecule has 0 radical (unpaired) electrons. The number of carbonyl (C=O) groups is 1. The molecule has 208 valence electrons. The Labute approximate surface area is 246 Å². The van der Waals surface area contributed by atoms with Crippen molar-refractivity contribution in [1.29, 1.82) is 0 Å². The number of nitrogens with zero attached hydrogens (tertiary/aromatic N) is 2. The molecule has 4 nitrogen and oxygen atoms in total. The minimum absolute atomic E-state index is 0.0622. The van der Waals surface area contributed by atoms with Gasteiger partial charge in [0.1, 0.15) is 5.82 Å². The van der Waals surface area contributed by atoms with Gasteiger partial charge in [0.05, 0.1) is 16.6 Å². The van der Waals surface area contributed by atoms with Gasteiger partial charge in [0.15, 0.2) is 0 Å². The van der Waals surface area contributed by atoms with E-state index in [1.165, 1.54) is 59.2 Å². The van der Waals surface area contributed by atoms with Gasteiger partial charge in [0.2, 0.25) is 0 Å². The summed E-state index contributed by atoms with van der Waals surface area (Å²) in [6, 6.07) is 27.5. The van der Waals surface area contributed by atoms with Gasteiger partial charge in [-0.25, -0.2) is 4.98 Å². The third-order valence-corrected chi connectivity index (χ3v) is 9.01. The van der Waals surface area contributed by atoms with Crippen molar-refractivity contribution in [2.45, 2.75) is 65.8 Å². The molecule has 4 aromatic carbocycles. The van der Waals surface area contributed by atoms with Crippen LogP contribution in [0, 0.1) is 13.8 Å². The summed E-state index contributed by atoms with van der Waals surface area (Å²) in [4.78, 5) is 20.4. The van der Waals surface area contributed by atoms with Crippen molar-refractivity contribution in [2.75, 3.05) is 5.32 Å². The van der Waals surface area contributed by atoms with Crippen molar-refractivity contribution in [3.05, 3.63) is 94.2 Å². The van der Waals surface area contributed by atoms with E-state index in [1.54, 1.807) is 11.3 Å². The number of benzene rings is 4. The molecule has 1 N–H and O–H groups in total. The first-order chi connectivity index (χ1) is 20.0. The van der Waals surface area contributed by atoms with E-state index in [1.807, 2.05) is 32.0 Å². The van der Waals surface area contributed by atoms with E-state index < -0.39 is 0 Å². The van der Waals surface area contributed by atoms with Gasteiger partial charge in [-0.1, -0.05) is 87.6 Å². The second kappa shape index (κ2) is 11.9. The lowest BCUT2D eigenvalue weighted by Crippen LogP contribution is -2.11. The quantitative estimate of drug-likeness (QED) is 0.134. The van der Waals surface area contributed by atoms with Gasteiger partial charge in [0.25, 0.3) is 5.91 Å². The summed E-state index contributed by atoms with van der Waals surface area (Å²) in [5.74, 6) is 0.921. The Hall–Kier alpha value is -3.96. The first kappa shape index (κ1) is 27.2. The topological polar surface area (TPSA) is 46.9 Å². The monoisotopic (exact) mass is 559 g/mol. The summed E-state index contributed by atoms with van der Waals surface area (Å²) < 4.78 is 2.44. The van der Waals surface area contributed by atoms with E-state index in [0.717, 1.165) is 50.9 Å². The number of imidazole rings is 1. The van der Waals surface area contributed by atoms with Gasteiger partial charge in [-0.15, -0.1) is 11.3 Å². The number of anilines is 1. The molecular formula is C36H37N3OS. The fourth-order valence-electron chi connectivity index (χ4n) is 6.01. The number of aromatic nitrogens is 2. The number of aryl methyl sites for hydroxylation is 3. The van der Waals surface area contributed by atoms with Crippen LogP contribution in [0.25, 0.3) is 44.0 Å². The summed E-state index contributed by atoms with van der Waals surface area (Å²) in [5.41, 5.74) is 4.86. The van der Waals surface area contributed by atoms with Gasteiger partial charge >= 0.3 is 0 Å². The van der Waals surface area contributed by atoms with Crippen molar-refractivity contribution in [2.24, 2.45) is 0 Å². The number of rotatable bonds is 10. The normalized spacial score (nSPS) is 11.6. The number of hydrogen-bond donors (Lipinski definition) is 1. The van der Waals surface area contributed by atoms with Crippen LogP contribution in [0.15, 0.2) is 78.9 Å². The van der Waals surface area contributed by atoms with Crippen LogP contribution in [0.1, 0.15) is 65.6 Å². The Kier molecular flexibility index (Phi) is 7.89. The predicted octanol–water partition coefficient (Wildman–Crippen LogP) is 10.3. The van der Waals surface area contributed by atoms with E-state index in [0.29, 0.717) is 0 Å². The molecule has 0 saturated heterocycles. The molecule has 1 amide bonds. The molecule has 0 atom stereocenters. The molecule has 2 aromatic heterocycles. The first-order valence-corrected chi connectivity index (χ1v) is 15.7. The highest BCUT2D eigenvalue weighted by atomic mass is 32.1. The van der Waals surface area contributed by atoms with Crippen molar-refractivity contribution < 1.29 is 4.79 Å². The van der Waals surface area contributed by atoms with Gasteiger partial charge in [0, 0.05) is 38.3 Å². The van der Waals surface area contributed by atoms with Crippen LogP contribution in [-0.2, 0) is 6.54 Å². The largest absolute Gasteiger partial charge is 0.323 e. The lowest BCUT2D eigenvalue weighted by molar-refractivity contribution is 0.102. The van der Waals surface area contributed by atoms with Crippen LogP contribution >= 0.6 is 11.3 Å². The van der Waals surface area contributed by atoms with Crippen LogP contribution in [0.3, 0.4) is 0 Å². The lowest BCUT2D eigenvalue weighted by Gasteiger charge is -2.13. The number of carbonyl (C=O) groups excluding carboxylic acids is 1. The molecular weight excluding hydrogens is 522 g/mol. The number of nitrogens with one attached hydrogen (secondary N) is 1. The summed E-state index contributed by atoms with van der Waals surface area (Å²) in [6.45, 7) is 7.22. The molecule has 6 aromatic rings. The fraction of sp³-hybridized carbons (Fsp3) is 0.278. The number of hydrogen-bond acceptors (Lipinski definition) is 3. The Morgan fingerprint density at radius 1 is 0.805 bits per heavy atom. The maximum Gasteiger partial charge on any atom is 0.256 e. The van der Waals surface area contributed by atoms with Crippen molar-refractivity contribution >= 4 is 55.5 Å². The van der Waals surface area contributed by atoms with Crippen LogP contribution < -0.4 is 5.32 Å². The summed E-state index contributed by atoms with van der Waals surface area (Å²) >= 11 is 1.65. The Bertz CT molecular complexity index is 1840. The third-order valence-electron chi connectivity index (χ3n) is 8.04. The van der Waals surface area contributed by atoms with Crippen LogP contribution in [0.2, 0.25) is 0 Å². The molecule has 2 heterocycles. The smallest absolute Gasteiger partial charge is 0.256 e. The average Bonchev–Trinajstić information content (AvgIpc) is 3.55. The number of thiophene rings is 1. The summed E-state index contributed by atoms with van der Waals surface area (Å²) in [5, 5.41) is 8.02. The van der Waals surface area contributed by atoms with Crippen LogP contribution in [0.5, 0.6) is 0 Å². The molecule has 0 spiro atoms. The Morgan fingerprint density at radius 2 is 1.44 bits per heavy atom. The standard InChI is InChI=1S/C36H37N3OS/c1-4-5-6-7-8-13-22-39-34-31-17-12-10-15-29(31)28-14-9-11-16-30(28)33(34)38-35(39)26-18-20-27(21-19-26)37-36(40)32-23-24(2)41-25(32)3/h9-12,14-21,23H,4-8,13,22H2,1-3H3,(H,37,40). The van der Waals surface area contributed by atoms with Gasteiger partial charge in [-0.3, -0.25) is 4.79 Å². The van der Waals surface area contributed by atoms with Gasteiger partial charge in [-0.2, -0.15) is 0 Å². The maximum absolute atomic E-state index is 12.9. The highest BCUT2D eigenvalue weighted by Crippen LogP contribution is 2.38. The lowest BCUT2D eigenvalue weighted by atomic mass is 10.00. The number of unbranched alkanes of at least 4 members (excludes halogenated alkanes) is 5. The molecule has 41 heavy (non-hydrogen) atoms. The second-order valence-corrected chi connectivity index (χ2v) is 12.5. The molecule has 0 saturated carbocycles. The molecule has 5 heteroatoms. The Morgan fingerprint density at radius 3 is 2.12 bits per heavy atom. The van der Waals surface area contributed by atoms with E-state index in [-0.39, 0.29) is 5.91 Å². The van der Waals surface area contributed by atoms with Crippen molar-refractivity contribution in [1.82, 2.24) is 9.55 Å². The minimum atomic E-state index is -0.0622. The second-order valence-electron chi connectivity index (χ2n) is 11.0. The molecule has 0 fully saturated rings. The highest BCUT2D eigenvalue weighted by molar-refractivity contribution is 7.12. The number of fused-ring (bicyclic) bond motifs is 6. The fourth-order valence-corrected chi connectivity index (χ4v) is 6.93. The highest BCUT2D eigenvalue weighted by Gasteiger charge is 2.19. The van der Waals surface area contributed by atoms with Crippen LogP contribution in [0.4, 0.5) is 5.69 Å². The molecule has 0 bridgehead atoms. The zero-order chi connectivity index (χ0) is 28.3. The zero-order valence-corrected chi connectivity index (χ0v) is 25.0. The van der Waals surface area contributed by atoms with E-state index in [2.05, 4.69) is 77.5 Å². The average molecular weight is 560 g/mol. The molecule has 0 aliphatic heterocycles. The van der Waals surface area contributed by atoms with E-state index in [9.17, 15) is 4.79 Å². The van der Waals surface area contributed by atoms with Crippen molar-refractivity contribution in [3.63, 3.8) is 0 Å². The third kappa shape index (κ3) is 5.39. The van der Waals surface area contributed by atoms with Gasteiger partial charge < -0.3 is 9.88 Å². The maximum atomic E-state index is 12.9. The van der Waals surface area contributed by atoms with E-state index >= 15 is 0 Å². The first-order valence-electron chi connectivity index (χ1n) is 14.8. The summed E-state index contributed by atoms with van der Waals surface area (Å²) in [7, 11) is 0. The molecule has 0 aliphatic rings. The molecule has 0 unspecified atom stereocenters. The van der Waals surface area contributed by atoms with E-state index in [4.69, 9.17) is 4.98 Å². The number of amides is 1. The van der Waals surface area contributed by atoms with Gasteiger partial charge in [-0.05, 0) is 61.4 Å². The minimum Gasteiger partial charge on any atom is -0.323 e. The predicted molar refractivity (Wildman–Crippen MR) is 175 cm³/mol. The zero-order valence-electron chi connectivity index (χ0n) is 24.2. The summed E-state index contributed by atoms with van der Waals surface area (Å²) in [6.07, 6.45) is 7.49. The Balaban J connectivity index is 1.40. The SMILES string of the molecule is CCCCCCCCn1c(-c2ccc(NC(=O)c3cc(C)sc3C)cc2)nc2c3ccccc3c3ccccc3c21. The van der Waals surface area contributed by atoms with Crippen LogP contribution in [-0.4, -0.2) is 15.5 Å². The van der Waals surface area contributed by atoms with Crippen molar-refractivity contribution in [3.8, 4) is 11.4 Å². The molecule has 0 aliphatic carbocycles.